The summed E-state index contributed by atoms with van der Waals surface area (Å²) in [6, 6.07) is -0.508. The number of carbonyl (C=O) groups is 1. The molecule has 2 N–H and O–H groups in total. The number of nitrogens with two attached hydrogens (primary N) is 1. The van der Waals surface area contributed by atoms with Crippen LogP contribution < -0.4 is 5.73 Å². The molecule has 3 nitrogen and oxygen atoms in total. The molecule has 1 atom stereocenters. The minimum Gasteiger partial charge on any atom is -0.465 e. The molecule has 16 heavy (non-hydrogen) atoms. The first kappa shape index (κ1) is 13.0. The van der Waals surface area contributed by atoms with Gasteiger partial charge < -0.3 is 10.5 Å². The van der Waals surface area contributed by atoms with Crippen LogP contribution in [0.1, 0.15) is 39.0 Å². The summed E-state index contributed by atoms with van der Waals surface area (Å²) in [7, 11) is 0. The molecule has 1 rings (SSSR count). The summed E-state index contributed by atoms with van der Waals surface area (Å²) >= 11 is 0. The molecule has 0 aromatic rings. The van der Waals surface area contributed by atoms with Gasteiger partial charge in [-0.1, -0.05) is 23.8 Å². The summed E-state index contributed by atoms with van der Waals surface area (Å²) in [5, 5.41) is 0. The largest absolute Gasteiger partial charge is 0.465 e. The van der Waals surface area contributed by atoms with E-state index in [4.69, 9.17) is 10.5 Å². The predicted molar refractivity (Wildman–Crippen MR) is 64.9 cm³/mol. The number of rotatable bonds is 6. The molecule has 0 bridgehead atoms. The molecule has 0 spiro atoms. The van der Waals surface area contributed by atoms with Crippen LogP contribution in [0.2, 0.25) is 0 Å². The summed E-state index contributed by atoms with van der Waals surface area (Å²) in [5.74, 6) is -0.306. The quantitative estimate of drug-likeness (QED) is 0.555. The van der Waals surface area contributed by atoms with Crippen LogP contribution in [0.3, 0.4) is 0 Å². The third-order valence-electron chi connectivity index (χ3n) is 2.61. The highest BCUT2D eigenvalue weighted by atomic mass is 16.5. The average molecular weight is 223 g/mol. The van der Waals surface area contributed by atoms with Crippen LogP contribution in [0.25, 0.3) is 0 Å². The number of hydrogen-bond acceptors (Lipinski definition) is 3. The summed E-state index contributed by atoms with van der Waals surface area (Å²) in [5.41, 5.74) is 6.88. The lowest BCUT2D eigenvalue weighted by molar-refractivity contribution is -0.144. The second kappa shape index (κ2) is 7.23. The van der Waals surface area contributed by atoms with Crippen LogP contribution >= 0.6 is 0 Å². The van der Waals surface area contributed by atoms with Crippen molar-refractivity contribution in [2.24, 2.45) is 5.73 Å². The number of allylic oxidation sites excluding steroid dienone is 4. The van der Waals surface area contributed by atoms with E-state index in [9.17, 15) is 4.79 Å². The molecule has 90 valence electrons. The van der Waals surface area contributed by atoms with Gasteiger partial charge in [0.15, 0.2) is 0 Å². The van der Waals surface area contributed by atoms with Crippen LogP contribution in [0.15, 0.2) is 23.8 Å². The Bertz CT molecular complexity index is 280. The molecule has 0 heterocycles. The summed E-state index contributed by atoms with van der Waals surface area (Å²) in [6.07, 6.45) is 11.9. The minimum absolute atomic E-state index is 0.306. The fraction of sp³-hybridized carbons (Fsp3) is 0.615. The van der Waals surface area contributed by atoms with Crippen LogP contribution in [0, 0.1) is 0 Å². The molecule has 0 radical (unpaired) electrons. The number of carbonyl (C=O) groups excluding carboxylic acids is 1. The highest BCUT2D eigenvalue weighted by molar-refractivity contribution is 5.74. The van der Waals surface area contributed by atoms with Crippen molar-refractivity contribution in [3.8, 4) is 0 Å². The molecule has 1 aliphatic carbocycles. The minimum atomic E-state index is -0.508. The normalized spacial score (nSPS) is 16.8. The molecule has 0 aromatic carbocycles. The van der Waals surface area contributed by atoms with Crippen LogP contribution in [0.4, 0.5) is 0 Å². The van der Waals surface area contributed by atoms with Crippen molar-refractivity contribution in [1.82, 2.24) is 0 Å². The Balaban J connectivity index is 2.02. The van der Waals surface area contributed by atoms with Gasteiger partial charge in [-0.15, -0.1) is 0 Å². The van der Waals surface area contributed by atoms with Gasteiger partial charge in [-0.25, -0.2) is 0 Å². The molecule has 0 amide bonds. The lowest BCUT2D eigenvalue weighted by Crippen LogP contribution is -2.28. The van der Waals surface area contributed by atoms with Crippen molar-refractivity contribution in [2.45, 2.75) is 45.1 Å². The van der Waals surface area contributed by atoms with Gasteiger partial charge in [-0.3, -0.25) is 4.79 Å². The van der Waals surface area contributed by atoms with Gasteiger partial charge in [0.1, 0.15) is 6.04 Å². The van der Waals surface area contributed by atoms with Crippen molar-refractivity contribution >= 4 is 5.97 Å². The zero-order valence-electron chi connectivity index (χ0n) is 9.95. The fourth-order valence-corrected chi connectivity index (χ4v) is 1.62. The highest BCUT2D eigenvalue weighted by Crippen LogP contribution is 2.17. The van der Waals surface area contributed by atoms with Crippen LogP contribution in [-0.4, -0.2) is 18.6 Å². The van der Waals surface area contributed by atoms with E-state index in [1.807, 2.05) is 0 Å². The van der Waals surface area contributed by atoms with Crippen LogP contribution in [0.5, 0.6) is 0 Å². The maximum Gasteiger partial charge on any atom is 0.322 e. The van der Waals surface area contributed by atoms with Gasteiger partial charge in [-0.05, 0) is 39.0 Å². The van der Waals surface area contributed by atoms with E-state index in [0.29, 0.717) is 6.61 Å². The molecule has 0 unspecified atom stereocenters. The van der Waals surface area contributed by atoms with Gasteiger partial charge in [0, 0.05) is 0 Å². The Morgan fingerprint density at radius 1 is 1.56 bits per heavy atom. The maximum atomic E-state index is 11.0. The van der Waals surface area contributed by atoms with Gasteiger partial charge in [0.25, 0.3) is 0 Å². The fourth-order valence-electron chi connectivity index (χ4n) is 1.62. The molecule has 1 aliphatic rings. The van der Waals surface area contributed by atoms with E-state index in [1.165, 1.54) is 12.0 Å². The zero-order valence-corrected chi connectivity index (χ0v) is 9.95. The third-order valence-corrected chi connectivity index (χ3v) is 2.61. The molecular weight excluding hydrogens is 202 g/mol. The summed E-state index contributed by atoms with van der Waals surface area (Å²) in [4.78, 5) is 11.0. The van der Waals surface area contributed by atoms with E-state index < -0.39 is 6.04 Å². The van der Waals surface area contributed by atoms with Crippen molar-refractivity contribution in [2.75, 3.05) is 6.61 Å². The SMILES string of the molecule is C[C@H](N)C(=O)OCCCCC1=CC=CCC1. The molecule has 0 saturated carbocycles. The van der Waals surface area contributed by atoms with Crippen molar-refractivity contribution < 1.29 is 9.53 Å². The monoisotopic (exact) mass is 223 g/mol. The zero-order chi connectivity index (χ0) is 11.8. The molecule has 0 fully saturated rings. The first-order chi connectivity index (χ1) is 7.70. The van der Waals surface area contributed by atoms with Gasteiger partial charge >= 0.3 is 5.97 Å². The van der Waals surface area contributed by atoms with E-state index in [-0.39, 0.29) is 5.97 Å². The molecular formula is C13H21NO2. The van der Waals surface area contributed by atoms with Crippen molar-refractivity contribution in [3.05, 3.63) is 23.8 Å². The highest BCUT2D eigenvalue weighted by Gasteiger charge is 2.07. The number of unbranched alkanes of at least 4 members (excludes halogenated alkanes) is 1. The Morgan fingerprint density at radius 3 is 3.00 bits per heavy atom. The first-order valence-electron chi connectivity index (χ1n) is 5.97. The maximum absolute atomic E-state index is 11.0. The summed E-state index contributed by atoms with van der Waals surface area (Å²) in [6.45, 7) is 2.13. The molecule has 0 aliphatic heterocycles. The number of ether oxygens (including phenoxy) is 1. The Labute approximate surface area is 97.3 Å². The Hall–Kier alpha value is -1.09. The van der Waals surface area contributed by atoms with Gasteiger partial charge in [0.2, 0.25) is 0 Å². The third kappa shape index (κ3) is 5.12. The number of esters is 1. The topological polar surface area (TPSA) is 52.3 Å². The van der Waals surface area contributed by atoms with E-state index in [1.54, 1.807) is 6.92 Å². The summed E-state index contributed by atoms with van der Waals surface area (Å²) < 4.78 is 5.00. The van der Waals surface area contributed by atoms with Gasteiger partial charge in [-0.2, -0.15) is 0 Å². The second-order valence-electron chi connectivity index (χ2n) is 4.21. The average Bonchev–Trinajstić information content (AvgIpc) is 2.29. The van der Waals surface area contributed by atoms with E-state index in [2.05, 4.69) is 18.2 Å². The smallest absolute Gasteiger partial charge is 0.322 e. The lowest BCUT2D eigenvalue weighted by atomic mass is 10.00. The molecule has 3 heteroatoms. The standard InChI is InChI=1S/C13H21NO2/c1-11(14)13(15)16-10-6-5-9-12-7-3-2-4-8-12/h2-3,7,11H,4-6,8-10,14H2,1H3/t11-/m0/s1. The predicted octanol–water partition coefficient (Wildman–Crippen LogP) is 2.32. The van der Waals surface area contributed by atoms with E-state index >= 15 is 0 Å². The lowest BCUT2D eigenvalue weighted by Gasteiger charge is -2.09. The molecule has 0 aromatic heterocycles. The van der Waals surface area contributed by atoms with Gasteiger partial charge in [0.05, 0.1) is 6.61 Å². The van der Waals surface area contributed by atoms with Crippen molar-refractivity contribution in [1.29, 1.82) is 0 Å². The Morgan fingerprint density at radius 2 is 2.38 bits per heavy atom. The molecule has 0 saturated heterocycles. The second-order valence-corrected chi connectivity index (χ2v) is 4.21. The number of hydrogen-bond donors (Lipinski definition) is 1. The Kier molecular flexibility index (Phi) is 5.86. The van der Waals surface area contributed by atoms with Crippen molar-refractivity contribution in [3.63, 3.8) is 0 Å². The van der Waals surface area contributed by atoms with Crippen LogP contribution in [-0.2, 0) is 9.53 Å². The first-order valence-corrected chi connectivity index (χ1v) is 5.97. The van der Waals surface area contributed by atoms with E-state index in [0.717, 1.165) is 25.7 Å².